The summed E-state index contributed by atoms with van der Waals surface area (Å²) in [5.74, 6) is -0.816. The number of carbonyl (C=O) groups excluding carboxylic acids is 1. The van der Waals surface area contributed by atoms with Gasteiger partial charge in [-0.25, -0.2) is 24.7 Å². The van der Waals surface area contributed by atoms with Gasteiger partial charge in [0.05, 0.1) is 24.6 Å². The molecule has 1 saturated heterocycles. The van der Waals surface area contributed by atoms with Crippen LogP contribution in [-0.4, -0.2) is 62.7 Å². The SMILES string of the molecule is Nc1ncnc2c1ncn2[C@H]1C[C@H](O)[C@@H](COS(=O)(=O)NC(=O)c2cccnc2Cl)O1. The molecule has 1 aliphatic rings. The largest absolute Gasteiger partial charge is 0.390 e. The van der Waals surface area contributed by atoms with E-state index in [2.05, 4.69) is 19.9 Å². The zero-order valence-electron chi connectivity index (χ0n) is 15.6. The second-order valence-corrected chi connectivity index (χ2v) is 8.23. The number of imidazole rings is 1. The number of nitrogens with one attached hydrogen (secondary N) is 1. The van der Waals surface area contributed by atoms with Crippen LogP contribution in [0.4, 0.5) is 5.82 Å². The molecule has 0 saturated carbocycles. The minimum absolute atomic E-state index is 0.126. The summed E-state index contributed by atoms with van der Waals surface area (Å²) in [6, 6.07) is 2.73. The van der Waals surface area contributed by atoms with Gasteiger partial charge in [-0.2, -0.15) is 8.42 Å². The quantitative estimate of drug-likeness (QED) is 0.406. The second-order valence-electron chi connectivity index (χ2n) is 6.53. The number of pyridine rings is 1. The van der Waals surface area contributed by atoms with Gasteiger partial charge in [-0.3, -0.25) is 13.5 Å². The number of amides is 1. The van der Waals surface area contributed by atoms with Crippen LogP contribution in [0.2, 0.25) is 5.15 Å². The van der Waals surface area contributed by atoms with Gasteiger partial charge in [-0.1, -0.05) is 11.6 Å². The average molecular weight is 470 g/mol. The van der Waals surface area contributed by atoms with Crippen LogP contribution in [0.3, 0.4) is 0 Å². The Morgan fingerprint density at radius 3 is 2.97 bits per heavy atom. The number of nitrogens with zero attached hydrogens (tertiary/aromatic N) is 5. The highest BCUT2D eigenvalue weighted by Gasteiger charge is 2.37. The molecule has 31 heavy (non-hydrogen) atoms. The molecule has 13 nitrogen and oxygen atoms in total. The number of halogens is 1. The van der Waals surface area contributed by atoms with Gasteiger partial charge in [0, 0.05) is 12.6 Å². The van der Waals surface area contributed by atoms with E-state index < -0.39 is 41.3 Å². The minimum atomic E-state index is -4.50. The lowest BCUT2D eigenvalue weighted by Crippen LogP contribution is -2.36. The smallest absolute Gasteiger partial charge is 0.362 e. The van der Waals surface area contributed by atoms with E-state index in [0.717, 1.165) is 0 Å². The Bertz CT molecular complexity index is 1240. The van der Waals surface area contributed by atoms with Gasteiger partial charge in [0.2, 0.25) is 0 Å². The minimum Gasteiger partial charge on any atom is -0.390 e. The van der Waals surface area contributed by atoms with Crippen molar-refractivity contribution in [1.82, 2.24) is 29.2 Å². The Balaban J connectivity index is 1.40. The van der Waals surface area contributed by atoms with E-state index in [4.69, 9.17) is 26.3 Å². The van der Waals surface area contributed by atoms with Gasteiger partial charge in [0.15, 0.2) is 11.5 Å². The van der Waals surface area contributed by atoms with Gasteiger partial charge < -0.3 is 15.6 Å². The number of hydrogen-bond acceptors (Lipinski definition) is 11. The molecule has 3 atom stereocenters. The van der Waals surface area contributed by atoms with Gasteiger partial charge >= 0.3 is 10.3 Å². The lowest BCUT2D eigenvalue weighted by atomic mass is 10.2. The Hall–Kier alpha value is -2.91. The van der Waals surface area contributed by atoms with Gasteiger partial charge in [-0.05, 0) is 12.1 Å². The number of ether oxygens (including phenoxy) is 1. The van der Waals surface area contributed by atoms with Crippen LogP contribution in [0.1, 0.15) is 23.0 Å². The fraction of sp³-hybridized carbons (Fsp3) is 0.312. The fourth-order valence-corrected chi connectivity index (χ4v) is 3.94. The number of rotatable bonds is 6. The fourth-order valence-electron chi connectivity index (χ4n) is 3.03. The third-order valence-corrected chi connectivity index (χ3v) is 5.69. The van der Waals surface area contributed by atoms with E-state index in [1.54, 1.807) is 9.29 Å². The predicted molar refractivity (Wildman–Crippen MR) is 106 cm³/mol. The van der Waals surface area contributed by atoms with Crippen molar-refractivity contribution in [1.29, 1.82) is 0 Å². The van der Waals surface area contributed by atoms with Crippen LogP contribution in [-0.2, 0) is 19.2 Å². The molecule has 15 heteroatoms. The molecule has 3 aromatic rings. The zero-order valence-corrected chi connectivity index (χ0v) is 17.2. The van der Waals surface area contributed by atoms with Crippen molar-refractivity contribution in [2.45, 2.75) is 24.9 Å². The van der Waals surface area contributed by atoms with E-state index in [0.29, 0.717) is 11.2 Å². The average Bonchev–Trinajstić information content (AvgIpc) is 3.30. The highest BCUT2D eigenvalue weighted by atomic mass is 35.5. The molecule has 0 aliphatic carbocycles. The maximum absolute atomic E-state index is 12.1. The lowest BCUT2D eigenvalue weighted by molar-refractivity contribution is -0.0373. The van der Waals surface area contributed by atoms with Gasteiger partial charge in [0.25, 0.3) is 5.91 Å². The summed E-state index contributed by atoms with van der Waals surface area (Å²) in [6.45, 7) is -0.537. The predicted octanol–water partition coefficient (Wildman–Crippen LogP) is -0.203. The molecule has 0 aromatic carbocycles. The van der Waals surface area contributed by atoms with Crippen LogP contribution < -0.4 is 10.5 Å². The number of fused-ring (bicyclic) bond motifs is 1. The summed E-state index contributed by atoms with van der Waals surface area (Å²) in [5, 5.41) is 10.1. The molecule has 1 amide bonds. The lowest BCUT2D eigenvalue weighted by Gasteiger charge is -2.16. The van der Waals surface area contributed by atoms with E-state index in [1.807, 2.05) is 0 Å². The summed E-state index contributed by atoms with van der Waals surface area (Å²) in [6.07, 6.45) is 1.46. The van der Waals surface area contributed by atoms with E-state index in [-0.39, 0.29) is 23.0 Å². The molecule has 0 spiro atoms. The first-order valence-corrected chi connectivity index (χ1v) is 10.6. The van der Waals surface area contributed by atoms with Crippen molar-refractivity contribution in [3.63, 3.8) is 0 Å². The molecule has 3 aromatic heterocycles. The molecule has 164 valence electrons. The Morgan fingerprint density at radius 2 is 2.19 bits per heavy atom. The highest BCUT2D eigenvalue weighted by Crippen LogP contribution is 2.31. The van der Waals surface area contributed by atoms with Gasteiger partial charge in [-0.15, -0.1) is 0 Å². The standard InChI is InChI=1S/C16H16ClN7O6S/c17-13-8(2-1-3-19-13)16(26)23-31(27,28)29-5-10-9(25)4-11(30-10)24-7-22-12-14(18)20-6-21-15(12)24/h1-3,6-7,9-11,25H,4-5H2,(H,23,26)(H2,18,20,21)/t9-,10+,11+/m0/s1. The Labute approximate surface area is 180 Å². The van der Waals surface area contributed by atoms with E-state index >= 15 is 0 Å². The Morgan fingerprint density at radius 1 is 1.39 bits per heavy atom. The molecular weight excluding hydrogens is 454 g/mol. The molecule has 4 N–H and O–H groups in total. The normalized spacial score (nSPS) is 21.4. The van der Waals surface area contributed by atoms with Crippen molar-refractivity contribution in [3.8, 4) is 0 Å². The van der Waals surface area contributed by atoms with Crippen molar-refractivity contribution in [2.24, 2.45) is 0 Å². The van der Waals surface area contributed by atoms with Crippen molar-refractivity contribution >= 4 is 44.8 Å². The molecule has 1 fully saturated rings. The molecule has 4 heterocycles. The number of aliphatic hydroxyl groups is 1. The first-order valence-electron chi connectivity index (χ1n) is 8.83. The molecular formula is C16H16ClN7O6S. The van der Waals surface area contributed by atoms with Crippen LogP contribution >= 0.6 is 11.6 Å². The van der Waals surface area contributed by atoms with Crippen molar-refractivity contribution < 1.29 is 27.2 Å². The van der Waals surface area contributed by atoms with Crippen LogP contribution in [0.5, 0.6) is 0 Å². The summed E-state index contributed by atoms with van der Waals surface area (Å²) in [5.41, 5.74) is 6.40. The number of aromatic nitrogens is 5. The topological polar surface area (TPSA) is 184 Å². The zero-order chi connectivity index (χ0) is 22.2. The number of anilines is 1. The number of nitrogens with two attached hydrogens (primary N) is 1. The molecule has 0 unspecified atom stereocenters. The maximum Gasteiger partial charge on any atom is 0.362 e. The van der Waals surface area contributed by atoms with Crippen LogP contribution in [0, 0.1) is 0 Å². The van der Waals surface area contributed by atoms with Crippen LogP contribution in [0.25, 0.3) is 11.2 Å². The second kappa shape index (κ2) is 8.32. The maximum atomic E-state index is 12.1. The Kier molecular flexibility index (Phi) is 5.72. The first kappa shape index (κ1) is 21.3. The molecule has 0 bridgehead atoms. The molecule has 4 rings (SSSR count). The first-order chi connectivity index (χ1) is 14.7. The van der Waals surface area contributed by atoms with Crippen molar-refractivity contribution in [2.75, 3.05) is 12.3 Å². The number of hydrogen-bond donors (Lipinski definition) is 3. The molecule has 1 aliphatic heterocycles. The summed E-state index contributed by atoms with van der Waals surface area (Å²) in [7, 11) is -4.50. The van der Waals surface area contributed by atoms with Crippen LogP contribution in [0.15, 0.2) is 31.0 Å². The van der Waals surface area contributed by atoms with E-state index in [1.165, 1.54) is 31.0 Å². The number of carbonyl (C=O) groups is 1. The highest BCUT2D eigenvalue weighted by molar-refractivity contribution is 7.85. The van der Waals surface area contributed by atoms with E-state index in [9.17, 15) is 18.3 Å². The molecule has 0 radical (unpaired) electrons. The number of nitrogen functional groups attached to an aromatic ring is 1. The monoisotopic (exact) mass is 469 g/mol. The third kappa shape index (κ3) is 4.42. The number of aliphatic hydroxyl groups excluding tert-OH is 1. The summed E-state index contributed by atoms with van der Waals surface area (Å²) >= 11 is 5.78. The third-order valence-electron chi connectivity index (χ3n) is 4.51. The van der Waals surface area contributed by atoms with Crippen molar-refractivity contribution in [3.05, 3.63) is 41.7 Å². The summed E-state index contributed by atoms with van der Waals surface area (Å²) in [4.78, 5) is 27.9. The summed E-state index contributed by atoms with van der Waals surface area (Å²) < 4.78 is 38.0. The van der Waals surface area contributed by atoms with Gasteiger partial charge in [0.1, 0.15) is 29.3 Å².